The van der Waals surface area contributed by atoms with Gasteiger partial charge in [-0.25, -0.2) is 0 Å². The quantitative estimate of drug-likeness (QED) is 0.356. The molecule has 74 valence electrons. The highest BCUT2D eigenvalue weighted by atomic mass is 16.6. The average Bonchev–Trinajstić information content (AvgIpc) is 1.81. The largest absolute Gasteiger partial charge is 0.481 e. The molecule has 0 aliphatic rings. The summed E-state index contributed by atoms with van der Waals surface area (Å²) in [5.74, 6) is -5.41. The van der Waals surface area contributed by atoms with Crippen molar-refractivity contribution in [3.8, 4) is 0 Å². The van der Waals surface area contributed by atoms with Gasteiger partial charge >= 0.3 is 11.9 Å². The molecular weight excluding hydrogens is 184 g/mol. The van der Waals surface area contributed by atoms with Crippen molar-refractivity contribution in [2.45, 2.75) is 18.6 Å². The number of rotatable bonds is 6. The van der Waals surface area contributed by atoms with Gasteiger partial charge in [0.1, 0.15) is 12.8 Å². The molecule has 7 nitrogen and oxygen atoms in total. The Hall–Kier alpha value is -1.63. The van der Waals surface area contributed by atoms with E-state index < -0.39 is 30.6 Å². The van der Waals surface area contributed by atoms with Crippen molar-refractivity contribution in [3.05, 3.63) is 0 Å². The second-order valence-corrected chi connectivity index (χ2v) is 2.30. The Labute approximate surface area is 72.5 Å². The van der Waals surface area contributed by atoms with Gasteiger partial charge in [-0.2, -0.15) is 0 Å². The number of carbonyl (C=O) groups is 3. The third-order valence-electron chi connectivity index (χ3n) is 1.12. The van der Waals surface area contributed by atoms with Crippen molar-refractivity contribution in [1.82, 2.24) is 0 Å². The minimum atomic E-state index is -2.47. The molecule has 0 aromatic rings. The van der Waals surface area contributed by atoms with E-state index in [1.165, 1.54) is 0 Å². The maximum atomic E-state index is 10.1. The summed E-state index contributed by atoms with van der Waals surface area (Å²) >= 11 is 0. The van der Waals surface area contributed by atoms with E-state index in [9.17, 15) is 14.4 Å². The Kier molecular flexibility index (Phi) is 3.86. The first kappa shape index (κ1) is 11.4. The zero-order valence-electron chi connectivity index (χ0n) is 6.47. The normalized spacial score (nSPS) is 10.5. The lowest BCUT2D eigenvalue weighted by Crippen LogP contribution is -2.37. The van der Waals surface area contributed by atoms with E-state index in [4.69, 9.17) is 15.3 Å². The number of aliphatic hydroxyl groups is 1. The van der Waals surface area contributed by atoms with Crippen LogP contribution in [-0.4, -0.2) is 39.5 Å². The maximum absolute atomic E-state index is 10.1. The minimum Gasteiger partial charge on any atom is -0.481 e. The second kappa shape index (κ2) is 4.41. The summed E-state index contributed by atoms with van der Waals surface area (Å²) in [5.41, 5.74) is 0. The van der Waals surface area contributed by atoms with Crippen LogP contribution in [0.2, 0.25) is 0 Å². The molecule has 0 saturated heterocycles. The van der Waals surface area contributed by atoms with Gasteiger partial charge in [0, 0.05) is 0 Å². The molecule has 0 heterocycles. The highest BCUT2D eigenvalue weighted by Gasteiger charge is 2.34. The Balaban J connectivity index is 4.40. The number of ether oxygens (including phenoxy) is 1. The van der Waals surface area contributed by atoms with E-state index in [-0.39, 0.29) is 6.47 Å². The van der Waals surface area contributed by atoms with Gasteiger partial charge in [-0.3, -0.25) is 14.4 Å². The predicted molar refractivity (Wildman–Crippen MR) is 36.6 cm³/mol. The molecule has 0 aliphatic carbocycles. The second-order valence-electron chi connectivity index (χ2n) is 2.30. The SMILES string of the molecule is O=COC(O)(CC(=O)O)CC(=O)O. The van der Waals surface area contributed by atoms with Crippen molar-refractivity contribution in [3.63, 3.8) is 0 Å². The Morgan fingerprint density at radius 2 is 1.62 bits per heavy atom. The highest BCUT2D eigenvalue weighted by Crippen LogP contribution is 2.16. The topological polar surface area (TPSA) is 121 Å². The summed E-state index contributed by atoms with van der Waals surface area (Å²) in [7, 11) is 0. The first-order valence-electron chi connectivity index (χ1n) is 3.17. The number of carboxylic acid groups (broad SMARTS) is 2. The average molecular weight is 192 g/mol. The highest BCUT2D eigenvalue weighted by molar-refractivity contribution is 5.72. The number of carbonyl (C=O) groups excluding carboxylic acids is 1. The number of carboxylic acids is 2. The van der Waals surface area contributed by atoms with E-state index >= 15 is 0 Å². The summed E-state index contributed by atoms with van der Waals surface area (Å²) in [6.45, 7) is -0.203. The van der Waals surface area contributed by atoms with Crippen LogP contribution in [-0.2, 0) is 19.1 Å². The molecule has 0 amide bonds. The monoisotopic (exact) mass is 192 g/mol. The molecule has 3 N–H and O–H groups in total. The lowest BCUT2D eigenvalue weighted by Gasteiger charge is -2.21. The maximum Gasteiger partial charge on any atom is 0.310 e. The summed E-state index contributed by atoms with van der Waals surface area (Å²) < 4.78 is 3.96. The molecule has 0 atom stereocenters. The summed E-state index contributed by atoms with van der Waals surface area (Å²) in [6, 6.07) is 0. The fourth-order valence-electron chi connectivity index (χ4n) is 0.708. The zero-order chi connectivity index (χ0) is 10.5. The van der Waals surface area contributed by atoms with Gasteiger partial charge in [-0.05, 0) is 0 Å². The van der Waals surface area contributed by atoms with E-state index in [0.29, 0.717) is 0 Å². The molecule has 0 unspecified atom stereocenters. The number of hydrogen-bond donors (Lipinski definition) is 3. The van der Waals surface area contributed by atoms with Gasteiger partial charge in [-0.1, -0.05) is 0 Å². The van der Waals surface area contributed by atoms with E-state index in [2.05, 4.69) is 4.74 Å². The van der Waals surface area contributed by atoms with Crippen LogP contribution >= 0.6 is 0 Å². The van der Waals surface area contributed by atoms with Gasteiger partial charge < -0.3 is 20.1 Å². The van der Waals surface area contributed by atoms with Crippen molar-refractivity contribution in [2.24, 2.45) is 0 Å². The smallest absolute Gasteiger partial charge is 0.310 e. The Morgan fingerprint density at radius 3 is 1.85 bits per heavy atom. The molecule has 0 radical (unpaired) electrons. The summed E-state index contributed by atoms with van der Waals surface area (Å²) in [6.07, 6.45) is -1.95. The minimum absolute atomic E-state index is 0.203. The van der Waals surface area contributed by atoms with Gasteiger partial charge in [0.25, 0.3) is 6.47 Å². The van der Waals surface area contributed by atoms with E-state index in [0.717, 1.165) is 0 Å². The van der Waals surface area contributed by atoms with Crippen molar-refractivity contribution >= 4 is 18.4 Å². The first-order valence-corrected chi connectivity index (χ1v) is 3.17. The van der Waals surface area contributed by atoms with E-state index in [1.807, 2.05) is 0 Å². The molecule has 0 spiro atoms. The van der Waals surface area contributed by atoms with E-state index in [1.54, 1.807) is 0 Å². The molecule has 0 aliphatic heterocycles. The van der Waals surface area contributed by atoms with Gasteiger partial charge in [0.05, 0.1) is 0 Å². The molecule has 0 fully saturated rings. The van der Waals surface area contributed by atoms with Crippen molar-refractivity contribution in [1.29, 1.82) is 0 Å². The van der Waals surface area contributed by atoms with Crippen LogP contribution in [0.3, 0.4) is 0 Å². The number of hydrogen-bond acceptors (Lipinski definition) is 5. The third kappa shape index (κ3) is 4.75. The Morgan fingerprint density at radius 1 is 1.23 bits per heavy atom. The third-order valence-corrected chi connectivity index (χ3v) is 1.12. The van der Waals surface area contributed by atoms with Gasteiger partial charge in [0.15, 0.2) is 0 Å². The molecule has 0 aromatic heterocycles. The van der Waals surface area contributed by atoms with Crippen molar-refractivity contribution < 1.29 is 34.4 Å². The molecule has 0 saturated carbocycles. The predicted octanol–water partition coefficient (Wildman–Crippen LogP) is -1.20. The molecule has 0 bridgehead atoms. The van der Waals surface area contributed by atoms with Gasteiger partial charge in [-0.15, -0.1) is 0 Å². The van der Waals surface area contributed by atoms with Crippen LogP contribution in [0.4, 0.5) is 0 Å². The molecule has 0 aromatic carbocycles. The molecule has 0 rings (SSSR count). The van der Waals surface area contributed by atoms with Crippen LogP contribution in [0, 0.1) is 0 Å². The number of aliphatic carboxylic acids is 2. The fourth-order valence-corrected chi connectivity index (χ4v) is 0.708. The van der Waals surface area contributed by atoms with Crippen LogP contribution in [0.1, 0.15) is 12.8 Å². The lowest BCUT2D eigenvalue weighted by molar-refractivity contribution is -0.208. The lowest BCUT2D eigenvalue weighted by atomic mass is 10.1. The Bertz CT molecular complexity index is 205. The summed E-state index contributed by atoms with van der Waals surface area (Å²) in [5, 5.41) is 25.6. The fraction of sp³-hybridized carbons (Fsp3) is 0.500. The molecule has 13 heavy (non-hydrogen) atoms. The first-order chi connectivity index (χ1) is 5.89. The van der Waals surface area contributed by atoms with Crippen LogP contribution in [0.25, 0.3) is 0 Å². The molecule has 7 heteroatoms. The summed E-state index contributed by atoms with van der Waals surface area (Å²) in [4.78, 5) is 30.1. The zero-order valence-corrected chi connectivity index (χ0v) is 6.47. The molecular formula is C6H8O7. The van der Waals surface area contributed by atoms with Crippen LogP contribution in [0.15, 0.2) is 0 Å². The standard InChI is InChI=1S/C6H8O7/c7-3-13-6(12,1-4(8)9)2-5(10)11/h3,12H,1-2H2,(H,8,9)(H,10,11). The van der Waals surface area contributed by atoms with Gasteiger partial charge in [0.2, 0.25) is 5.79 Å². The van der Waals surface area contributed by atoms with Crippen molar-refractivity contribution in [2.75, 3.05) is 0 Å². The van der Waals surface area contributed by atoms with Crippen LogP contribution in [0.5, 0.6) is 0 Å². The van der Waals surface area contributed by atoms with Crippen LogP contribution < -0.4 is 0 Å².